The van der Waals surface area contributed by atoms with Crippen LogP contribution in [0.5, 0.6) is 0 Å². The molecule has 0 aromatic heterocycles. The monoisotopic (exact) mass is 259 g/mol. The lowest BCUT2D eigenvalue weighted by atomic mass is 10.1. The van der Waals surface area contributed by atoms with Gasteiger partial charge in [-0.1, -0.05) is 64.7 Å². The van der Waals surface area contributed by atoms with Crippen molar-refractivity contribution in [1.82, 2.24) is 5.32 Å². The minimum Gasteiger partial charge on any atom is -0.361 e. The third-order valence-electron chi connectivity index (χ3n) is 3.06. The van der Waals surface area contributed by atoms with E-state index in [1.54, 1.807) is 0 Å². The third-order valence-corrected chi connectivity index (χ3v) is 3.06. The van der Waals surface area contributed by atoms with Gasteiger partial charge in [-0.25, -0.2) is 0 Å². The summed E-state index contributed by atoms with van der Waals surface area (Å²) in [6.45, 7) is 2.77. The van der Waals surface area contributed by atoms with E-state index >= 15 is 0 Å². The summed E-state index contributed by atoms with van der Waals surface area (Å²) >= 11 is 0. The second kappa shape index (κ2) is 12.8. The topological polar surface area (TPSA) is 69.6 Å². The van der Waals surface area contributed by atoms with E-state index in [9.17, 15) is 4.79 Å². The number of hydrogen-bond acceptors (Lipinski definition) is 3. The molecule has 0 heterocycles. The van der Waals surface area contributed by atoms with E-state index in [0.29, 0.717) is 6.54 Å². The molecule has 0 aliphatic heterocycles. The molecule has 0 bridgehead atoms. The van der Waals surface area contributed by atoms with Crippen LogP contribution in [0.25, 0.3) is 0 Å². The van der Waals surface area contributed by atoms with Crippen molar-refractivity contribution >= 4 is 5.91 Å². The lowest BCUT2D eigenvalue weighted by Gasteiger charge is -2.06. The Bertz CT molecular complexity index is 195. The van der Waals surface area contributed by atoms with Gasteiger partial charge in [0.25, 0.3) is 5.91 Å². The molecular weight excluding hydrogens is 230 g/mol. The molecular formula is C14H29NO3. The number of unbranched alkanes of at least 4 members (excludes halogenated alkanes) is 9. The largest absolute Gasteiger partial charge is 0.361 e. The van der Waals surface area contributed by atoms with Gasteiger partial charge in [0.05, 0.1) is 0 Å². The maximum absolute atomic E-state index is 10.8. The molecule has 4 heteroatoms. The fourth-order valence-electron chi connectivity index (χ4n) is 1.92. The van der Waals surface area contributed by atoms with Crippen LogP contribution in [-0.4, -0.2) is 29.0 Å². The van der Waals surface area contributed by atoms with E-state index in [1.165, 1.54) is 51.4 Å². The van der Waals surface area contributed by atoms with Crippen LogP contribution in [0.15, 0.2) is 0 Å². The van der Waals surface area contributed by atoms with Gasteiger partial charge in [-0.3, -0.25) is 4.79 Å². The Morgan fingerprint density at radius 3 is 1.78 bits per heavy atom. The molecule has 0 atom stereocenters. The van der Waals surface area contributed by atoms with Crippen LogP contribution < -0.4 is 5.32 Å². The van der Waals surface area contributed by atoms with E-state index in [-0.39, 0.29) is 0 Å². The van der Waals surface area contributed by atoms with Crippen molar-refractivity contribution in [3.8, 4) is 0 Å². The zero-order chi connectivity index (χ0) is 13.6. The molecule has 0 aromatic rings. The van der Waals surface area contributed by atoms with Crippen LogP contribution in [0.1, 0.15) is 71.1 Å². The number of amides is 1. The molecule has 4 nitrogen and oxygen atoms in total. The summed E-state index contributed by atoms with van der Waals surface area (Å²) in [5, 5.41) is 19.5. The Balaban J connectivity index is 3.05. The molecule has 18 heavy (non-hydrogen) atoms. The molecule has 0 saturated heterocycles. The highest BCUT2D eigenvalue weighted by Gasteiger charge is 2.08. The Morgan fingerprint density at radius 2 is 1.33 bits per heavy atom. The zero-order valence-corrected chi connectivity index (χ0v) is 11.7. The van der Waals surface area contributed by atoms with Gasteiger partial charge in [0.2, 0.25) is 6.29 Å². The second-order valence-electron chi connectivity index (χ2n) is 4.85. The standard InChI is InChI=1S/C14H29NO3/c1-2-3-4-5-6-7-8-9-10-11-12-15-13(16)14(17)18/h14,17-18H,2-12H2,1H3,(H,15,16). The van der Waals surface area contributed by atoms with E-state index in [4.69, 9.17) is 10.2 Å². The predicted molar refractivity (Wildman–Crippen MR) is 73.1 cm³/mol. The van der Waals surface area contributed by atoms with Crippen molar-refractivity contribution in [3.05, 3.63) is 0 Å². The van der Waals surface area contributed by atoms with Gasteiger partial charge in [-0.15, -0.1) is 0 Å². The van der Waals surface area contributed by atoms with Crippen LogP contribution in [0.2, 0.25) is 0 Å². The average molecular weight is 259 g/mol. The molecule has 1 amide bonds. The summed E-state index contributed by atoms with van der Waals surface area (Å²) in [5.74, 6) is -0.703. The van der Waals surface area contributed by atoms with Crippen molar-refractivity contribution in [2.45, 2.75) is 77.4 Å². The van der Waals surface area contributed by atoms with Gasteiger partial charge >= 0.3 is 0 Å². The summed E-state index contributed by atoms with van der Waals surface area (Å²) in [6.07, 6.45) is 10.6. The molecule has 3 N–H and O–H groups in total. The van der Waals surface area contributed by atoms with Crippen LogP contribution in [0, 0.1) is 0 Å². The predicted octanol–water partition coefficient (Wildman–Crippen LogP) is 2.33. The third kappa shape index (κ3) is 11.9. The molecule has 0 aromatic carbocycles. The van der Waals surface area contributed by atoms with E-state index < -0.39 is 12.2 Å². The fourth-order valence-corrected chi connectivity index (χ4v) is 1.92. The number of aliphatic hydroxyl groups excluding tert-OH is 1. The molecule has 0 saturated carbocycles. The van der Waals surface area contributed by atoms with Crippen LogP contribution >= 0.6 is 0 Å². The lowest BCUT2D eigenvalue weighted by Crippen LogP contribution is -2.34. The molecule has 0 aliphatic rings. The van der Waals surface area contributed by atoms with Gasteiger partial charge in [-0.05, 0) is 6.42 Å². The summed E-state index contributed by atoms with van der Waals surface area (Å²) in [4.78, 5) is 10.8. The van der Waals surface area contributed by atoms with Gasteiger partial charge < -0.3 is 15.5 Å². The first-order chi connectivity index (χ1) is 8.68. The highest BCUT2D eigenvalue weighted by Crippen LogP contribution is 2.10. The minimum atomic E-state index is -1.88. The van der Waals surface area contributed by atoms with Crippen molar-refractivity contribution in [2.75, 3.05) is 6.54 Å². The van der Waals surface area contributed by atoms with Crippen molar-refractivity contribution in [3.63, 3.8) is 0 Å². The molecule has 0 unspecified atom stereocenters. The molecule has 0 aliphatic carbocycles. The first-order valence-corrected chi connectivity index (χ1v) is 7.32. The number of carbonyl (C=O) groups excluding carboxylic acids is 1. The SMILES string of the molecule is CCCCCCCCCCCCNC(=O)C(O)O. The average Bonchev–Trinajstić information content (AvgIpc) is 2.35. The number of nitrogens with one attached hydrogen (secondary N) is 1. The number of hydrogen-bond donors (Lipinski definition) is 3. The smallest absolute Gasteiger partial charge is 0.276 e. The van der Waals surface area contributed by atoms with Crippen LogP contribution in [-0.2, 0) is 4.79 Å². The van der Waals surface area contributed by atoms with E-state index in [2.05, 4.69) is 12.2 Å². The Hall–Kier alpha value is -0.610. The van der Waals surface area contributed by atoms with Gasteiger partial charge in [0.15, 0.2) is 0 Å². The van der Waals surface area contributed by atoms with Gasteiger partial charge in [0, 0.05) is 6.54 Å². The van der Waals surface area contributed by atoms with E-state index in [0.717, 1.165) is 12.8 Å². The summed E-state index contributed by atoms with van der Waals surface area (Å²) in [7, 11) is 0. The Kier molecular flexibility index (Phi) is 12.4. The summed E-state index contributed by atoms with van der Waals surface area (Å²) in [5.41, 5.74) is 0. The highest BCUT2D eigenvalue weighted by molar-refractivity contribution is 5.78. The van der Waals surface area contributed by atoms with Crippen LogP contribution in [0.4, 0.5) is 0 Å². The first-order valence-electron chi connectivity index (χ1n) is 7.32. The zero-order valence-electron chi connectivity index (χ0n) is 11.7. The Labute approximate surface area is 111 Å². The van der Waals surface area contributed by atoms with Crippen molar-refractivity contribution in [1.29, 1.82) is 0 Å². The van der Waals surface area contributed by atoms with Gasteiger partial charge in [0.1, 0.15) is 0 Å². The highest BCUT2D eigenvalue weighted by atomic mass is 16.5. The number of rotatable bonds is 12. The summed E-state index contributed by atoms with van der Waals surface area (Å²) in [6, 6.07) is 0. The minimum absolute atomic E-state index is 0.535. The molecule has 0 spiro atoms. The summed E-state index contributed by atoms with van der Waals surface area (Å²) < 4.78 is 0. The fraction of sp³-hybridized carbons (Fsp3) is 0.929. The Morgan fingerprint density at radius 1 is 0.889 bits per heavy atom. The first kappa shape index (κ1) is 17.4. The molecule has 0 fully saturated rings. The number of carbonyl (C=O) groups is 1. The maximum Gasteiger partial charge on any atom is 0.276 e. The lowest BCUT2D eigenvalue weighted by molar-refractivity contribution is -0.147. The van der Waals surface area contributed by atoms with Crippen LogP contribution in [0.3, 0.4) is 0 Å². The second-order valence-corrected chi connectivity index (χ2v) is 4.85. The van der Waals surface area contributed by atoms with Gasteiger partial charge in [-0.2, -0.15) is 0 Å². The molecule has 108 valence electrons. The maximum atomic E-state index is 10.8. The van der Waals surface area contributed by atoms with Crippen molar-refractivity contribution in [2.24, 2.45) is 0 Å². The quantitative estimate of drug-likeness (QED) is 0.372. The number of aliphatic hydroxyl groups is 2. The molecule has 0 radical (unpaired) electrons. The van der Waals surface area contributed by atoms with E-state index in [1.807, 2.05) is 0 Å². The van der Waals surface area contributed by atoms with Crippen molar-refractivity contribution < 1.29 is 15.0 Å². The normalized spacial score (nSPS) is 10.9. The molecule has 0 rings (SSSR count).